The van der Waals surface area contributed by atoms with Crippen LogP contribution >= 0.6 is 0 Å². The average molecular weight is 238 g/mol. The molecule has 2 aliphatic rings. The highest BCUT2D eigenvalue weighted by Crippen LogP contribution is 2.30. The van der Waals surface area contributed by atoms with Gasteiger partial charge in [-0.15, -0.1) is 0 Å². The summed E-state index contributed by atoms with van der Waals surface area (Å²) in [5.41, 5.74) is 0. The van der Waals surface area contributed by atoms with Crippen molar-refractivity contribution >= 4 is 0 Å². The molecular weight excluding hydrogens is 208 g/mol. The van der Waals surface area contributed by atoms with Gasteiger partial charge < -0.3 is 5.32 Å². The number of hydrogen-bond acceptors (Lipinski definition) is 2. The Labute approximate surface area is 107 Å². The summed E-state index contributed by atoms with van der Waals surface area (Å²) in [7, 11) is 0. The third kappa shape index (κ3) is 3.45. The largest absolute Gasteiger partial charge is 0.312 e. The van der Waals surface area contributed by atoms with Gasteiger partial charge >= 0.3 is 0 Å². The lowest BCUT2D eigenvalue weighted by atomic mass is 10.1. The zero-order chi connectivity index (χ0) is 12.3. The van der Waals surface area contributed by atoms with E-state index in [9.17, 15) is 0 Å². The van der Waals surface area contributed by atoms with Crippen molar-refractivity contribution < 1.29 is 0 Å². The SMILES string of the molecule is CCCC(CNC1CC1)N1C(C)CCC1CC. The fourth-order valence-electron chi connectivity index (χ4n) is 3.44. The van der Waals surface area contributed by atoms with Crippen LogP contribution < -0.4 is 5.32 Å². The van der Waals surface area contributed by atoms with Crippen LogP contribution in [0.3, 0.4) is 0 Å². The van der Waals surface area contributed by atoms with E-state index >= 15 is 0 Å². The van der Waals surface area contributed by atoms with Gasteiger partial charge in [0.05, 0.1) is 0 Å². The van der Waals surface area contributed by atoms with Crippen LogP contribution in [0.15, 0.2) is 0 Å². The molecule has 0 aromatic rings. The maximum Gasteiger partial charge on any atom is 0.0226 e. The first kappa shape index (κ1) is 13.4. The van der Waals surface area contributed by atoms with Gasteiger partial charge in [0.25, 0.3) is 0 Å². The fourth-order valence-corrected chi connectivity index (χ4v) is 3.44. The maximum absolute atomic E-state index is 3.74. The molecule has 3 unspecified atom stereocenters. The lowest BCUT2D eigenvalue weighted by molar-refractivity contribution is 0.122. The highest BCUT2D eigenvalue weighted by Gasteiger charge is 2.34. The van der Waals surface area contributed by atoms with Crippen molar-refractivity contribution in [2.45, 2.75) is 89.9 Å². The molecular formula is C15H30N2. The molecule has 2 rings (SSSR count). The quantitative estimate of drug-likeness (QED) is 0.733. The molecule has 1 heterocycles. The molecule has 2 heteroatoms. The Morgan fingerprint density at radius 2 is 1.94 bits per heavy atom. The van der Waals surface area contributed by atoms with Crippen LogP contribution in [-0.4, -0.2) is 35.6 Å². The Hall–Kier alpha value is -0.0800. The number of nitrogens with zero attached hydrogens (tertiary/aromatic N) is 1. The Morgan fingerprint density at radius 1 is 1.18 bits per heavy atom. The van der Waals surface area contributed by atoms with E-state index < -0.39 is 0 Å². The molecule has 2 fully saturated rings. The van der Waals surface area contributed by atoms with Crippen LogP contribution in [0.2, 0.25) is 0 Å². The van der Waals surface area contributed by atoms with Crippen molar-refractivity contribution in [2.75, 3.05) is 6.54 Å². The molecule has 17 heavy (non-hydrogen) atoms. The van der Waals surface area contributed by atoms with E-state index in [-0.39, 0.29) is 0 Å². The van der Waals surface area contributed by atoms with Crippen LogP contribution in [-0.2, 0) is 0 Å². The highest BCUT2D eigenvalue weighted by atomic mass is 15.2. The first-order chi connectivity index (χ1) is 8.26. The molecule has 1 saturated carbocycles. The van der Waals surface area contributed by atoms with Gasteiger partial charge in [0, 0.05) is 30.7 Å². The minimum Gasteiger partial charge on any atom is -0.312 e. The lowest BCUT2D eigenvalue weighted by Crippen LogP contribution is -2.48. The Morgan fingerprint density at radius 3 is 2.53 bits per heavy atom. The van der Waals surface area contributed by atoms with Crippen molar-refractivity contribution in [2.24, 2.45) is 0 Å². The number of nitrogens with one attached hydrogen (secondary N) is 1. The lowest BCUT2D eigenvalue weighted by Gasteiger charge is -2.36. The van der Waals surface area contributed by atoms with Crippen molar-refractivity contribution in [3.63, 3.8) is 0 Å². The van der Waals surface area contributed by atoms with E-state index in [1.807, 2.05) is 0 Å². The van der Waals surface area contributed by atoms with Gasteiger partial charge in [-0.25, -0.2) is 0 Å². The molecule has 1 aliphatic heterocycles. The topological polar surface area (TPSA) is 15.3 Å². The van der Waals surface area contributed by atoms with Gasteiger partial charge in [0.15, 0.2) is 0 Å². The molecule has 1 aliphatic carbocycles. The summed E-state index contributed by atoms with van der Waals surface area (Å²) in [6, 6.07) is 3.29. The van der Waals surface area contributed by atoms with Crippen molar-refractivity contribution in [1.29, 1.82) is 0 Å². The zero-order valence-corrected chi connectivity index (χ0v) is 11.9. The third-order valence-electron chi connectivity index (χ3n) is 4.58. The smallest absolute Gasteiger partial charge is 0.0226 e. The van der Waals surface area contributed by atoms with Crippen LogP contribution in [0, 0.1) is 0 Å². The van der Waals surface area contributed by atoms with Crippen LogP contribution in [0.1, 0.15) is 65.7 Å². The normalized spacial score (nSPS) is 31.9. The summed E-state index contributed by atoms with van der Waals surface area (Å²) in [6.07, 6.45) is 9.64. The van der Waals surface area contributed by atoms with Crippen LogP contribution in [0.4, 0.5) is 0 Å². The number of rotatable bonds is 7. The van der Waals surface area contributed by atoms with E-state index in [1.54, 1.807) is 0 Å². The van der Waals surface area contributed by atoms with Crippen molar-refractivity contribution in [3.05, 3.63) is 0 Å². The number of likely N-dealkylation sites (tertiary alicyclic amines) is 1. The molecule has 0 aromatic heterocycles. The fraction of sp³-hybridized carbons (Fsp3) is 1.00. The minimum absolute atomic E-state index is 0.781. The average Bonchev–Trinajstić information content (AvgIpc) is 3.08. The second kappa shape index (κ2) is 6.19. The summed E-state index contributed by atoms with van der Waals surface area (Å²) < 4.78 is 0. The van der Waals surface area contributed by atoms with E-state index in [0.29, 0.717) is 0 Å². The van der Waals surface area contributed by atoms with Crippen LogP contribution in [0.5, 0.6) is 0 Å². The van der Waals surface area contributed by atoms with Gasteiger partial charge in [-0.2, -0.15) is 0 Å². The molecule has 0 radical (unpaired) electrons. The maximum atomic E-state index is 3.74. The monoisotopic (exact) mass is 238 g/mol. The molecule has 0 spiro atoms. The van der Waals surface area contributed by atoms with Gasteiger partial charge in [-0.1, -0.05) is 20.3 Å². The molecule has 2 nitrogen and oxygen atoms in total. The predicted octanol–water partition coefficient (Wildman–Crippen LogP) is 3.17. The summed E-state index contributed by atoms with van der Waals surface area (Å²) in [5.74, 6) is 0. The first-order valence-corrected chi connectivity index (χ1v) is 7.77. The molecule has 0 aromatic carbocycles. The molecule has 0 bridgehead atoms. The number of hydrogen-bond donors (Lipinski definition) is 1. The highest BCUT2D eigenvalue weighted by molar-refractivity contribution is 4.91. The van der Waals surface area contributed by atoms with Crippen molar-refractivity contribution in [3.8, 4) is 0 Å². The second-order valence-corrected chi connectivity index (χ2v) is 6.06. The summed E-state index contributed by atoms with van der Waals surface area (Å²) >= 11 is 0. The Bertz CT molecular complexity index is 225. The molecule has 3 atom stereocenters. The van der Waals surface area contributed by atoms with E-state index in [1.165, 1.54) is 51.5 Å². The molecule has 0 amide bonds. The van der Waals surface area contributed by atoms with Gasteiger partial charge in [0.1, 0.15) is 0 Å². The van der Waals surface area contributed by atoms with E-state index in [4.69, 9.17) is 0 Å². The summed E-state index contributed by atoms with van der Waals surface area (Å²) in [6.45, 7) is 8.33. The van der Waals surface area contributed by atoms with E-state index in [2.05, 4.69) is 31.0 Å². The Balaban J connectivity index is 1.91. The second-order valence-electron chi connectivity index (χ2n) is 6.06. The first-order valence-electron chi connectivity index (χ1n) is 7.77. The van der Waals surface area contributed by atoms with E-state index in [0.717, 1.165) is 24.2 Å². The van der Waals surface area contributed by atoms with Gasteiger partial charge in [-0.3, -0.25) is 4.90 Å². The standard InChI is InChI=1S/C15H30N2/c1-4-6-15(11-16-13-8-9-13)17-12(3)7-10-14(17)5-2/h12-16H,4-11H2,1-3H3. The van der Waals surface area contributed by atoms with Gasteiger partial charge in [-0.05, 0) is 45.4 Å². The van der Waals surface area contributed by atoms with Crippen LogP contribution in [0.25, 0.3) is 0 Å². The Kier molecular flexibility index (Phi) is 4.87. The summed E-state index contributed by atoms with van der Waals surface area (Å²) in [4.78, 5) is 2.83. The molecule has 1 N–H and O–H groups in total. The van der Waals surface area contributed by atoms with Crippen molar-refractivity contribution in [1.82, 2.24) is 10.2 Å². The van der Waals surface area contributed by atoms with Gasteiger partial charge in [0.2, 0.25) is 0 Å². The molecule has 100 valence electrons. The summed E-state index contributed by atoms with van der Waals surface area (Å²) in [5, 5.41) is 3.74. The minimum atomic E-state index is 0.781. The predicted molar refractivity (Wildman–Crippen MR) is 74.3 cm³/mol. The molecule has 1 saturated heterocycles. The third-order valence-corrected chi connectivity index (χ3v) is 4.58. The zero-order valence-electron chi connectivity index (χ0n) is 11.9.